The molecule has 16 heavy (non-hydrogen) atoms. The van der Waals surface area contributed by atoms with E-state index in [4.69, 9.17) is 0 Å². The number of rotatable bonds is 4. The summed E-state index contributed by atoms with van der Waals surface area (Å²) in [6.45, 7) is 3.98. The number of aliphatic hydroxyl groups excluding tert-OH is 1. The van der Waals surface area contributed by atoms with Crippen LogP contribution >= 0.6 is 11.3 Å². The minimum atomic E-state index is -0.0436. The molecule has 1 aromatic rings. The maximum atomic E-state index is 9.40. The number of hydrogen-bond acceptors (Lipinski definition) is 4. The lowest BCUT2D eigenvalue weighted by Gasteiger charge is -2.25. The number of nitrogens with one attached hydrogen (secondary N) is 1. The molecular formula is C12H20N2OS. The van der Waals surface area contributed by atoms with Crippen LogP contribution in [0.1, 0.15) is 36.4 Å². The molecule has 1 aromatic heterocycles. The minimum absolute atomic E-state index is 0.0436. The first-order valence-corrected chi connectivity index (χ1v) is 6.92. The molecule has 4 heteroatoms. The quantitative estimate of drug-likeness (QED) is 0.847. The van der Waals surface area contributed by atoms with E-state index in [0.717, 1.165) is 50.4 Å². The Bertz CT molecular complexity index is 319. The molecule has 0 spiro atoms. The van der Waals surface area contributed by atoms with Crippen molar-refractivity contribution < 1.29 is 5.11 Å². The highest BCUT2D eigenvalue weighted by Crippen LogP contribution is 2.23. The van der Waals surface area contributed by atoms with Gasteiger partial charge < -0.3 is 10.4 Å². The Morgan fingerprint density at radius 2 is 2.19 bits per heavy atom. The third kappa shape index (κ3) is 3.54. The number of nitrogens with zero attached hydrogens (tertiary/aromatic N) is 1. The third-order valence-corrected chi connectivity index (χ3v) is 4.16. The average Bonchev–Trinajstić information content (AvgIpc) is 2.67. The maximum Gasteiger partial charge on any atom is 0.107 e. The first kappa shape index (κ1) is 12.0. The van der Waals surface area contributed by atoms with Crippen molar-refractivity contribution in [2.75, 3.05) is 6.54 Å². The van der Waals surface area contributed by atoms with Gasteiger partial charge in [0, 0.05) is 17.6 Å². The molecule has 0 radical (unpaired) electrons. The normalized spacial score (nSPS) is 25.9. The largest absolute Gasteiger partial charge is 0.393 e. The summed E-state index contributed by atoms with van der Waals surface area (Å²) in [4.78, 5) is 4.42. The first-order valence-electron chi connectivity index (χ1n) is 6.04. The van der Waals surface area contributed by atoms with Crippen LogP contribution in [0.2, 0.25) is 0 Å². The minimum Gasteiger partial charge on any atom is -0.393 e. The van der Waals surface area contributed by atoms with Gasteiger partial charge in [0.05, 0.1) is 6.10 Å². The lowest BCUT2D eigenvalue weighted by atomic mass is 9.87. The van der Waals surface area contributed by atoms with E-state index in [1.54, 1.807) is 11.3 Å². The van der Waals surface area contributed by atoms with E-state index in [1.165, 1.54) is 5.01 Å². The third-order valence-electron chi connectivity index (χ3n) is 3.19. The van der Waals surface area contributed by atoms with E-state index in [0.29, 0.717) is 0 Å². The molecule has 1 fully saturated rings. The SMILES string of the molecule is Cc1csc(CNCC2CCC(O)CC2)n1. The molecule has 1 saturated carbocycles. The summed E-state index contributed by atoms with van der Waals surface area (Å²) in [5, 5.41) is 16.1. The zero-order valence-corrected chi connectivity index (χ0v) is 10.6. The van der Waals surface area contributed by atoms with Gasteiger partial charge in [-0.25, -0.2) is 4.98 Å². The molecule has 1 aliphatic carbocycles. The second-order valence-electron chi connectivity index (χ2n) is 4.69. The molecule has 0 bridgehead atoms. The second kappa shape index (κ2) is 5.75. The molecule has 1 aliphatic rings. The number of aliphatic hydroxyl groups is 1. The number of aryl methyl sites for hydroxylation is 1. The Morgan fingerprint density at radius 1 is 1.44 bits per heavy atom. The van der Waals surface area contributed by atoms with Gasteiger partial charge in [-0.15, -0.1) is 11.3 Å². The van der Waals surface area contributed by atoms with Gasteiger partial charge in [0.2, 0.25) is 0 Å². The van der Waals surface area contributed by atoms with Crippen LogP contribution in [0, 0.1) is 12.8 Å². The molecular weight excluding hydrogens is 220 g/mol. The molecule has 90 valence electrons. The van der Waals surface area contributed by atoms with Gasteiger partial charge in [0.25, 0.3) is 0 Å². The van der Waals surface area contributed by atoms with Crippen molar-refractivity contribution in [1.29, 1.82) is 0 Å². The van der Waals surface area contributed by atoms with E-state index in [-0.39, 0.29) is 6.10 Å². The van der Waals surface area contributed by atoms with Crippen LogP contribution in [0.4, 0.5) is 0 Å². The molecule has 0 atom stereocenters. The van der Waals surface area contributed by atoms with E-state index >= 15 is 0 Å². The summed E-state index contributed by atoms with van der Waals surface area (Å²) in [5.41, 5.74) is 1.11. The molecule has 2 rings (SSSR count). The highest BCUT2D eigenvalue weighted by Gasteiger charge is 2.18. The first-order chi connectivity index (χ1) is 7.74. The van der Waals surface area contributed by atoms with E-state index in [1.807, 2.05) is 6.92 Å². The van der Waals surface area contributed by atoms with Crippen molar-refractivity contribution in [3.8, 4) is 0 Å². The predicted molar refractivity (Wildman–Crippen MR) is 66.5 cm³/mol. The van der Waals surface area contributed by atoms with E-state index in [2.05, 4.69) is 15.7 Å². The van der Waals surface area contributed by atoms with Crippen LogP contribution in [0.5, 0.6) is 0 Å². The van der Waals surface area contributed by atoms with Crippen molar-refractivity contribution in [2.24, 2.45) is 5.92 Å². The standard InChI is InChI=1S/C12H20N2OS/c1-9-8-16-12(14-9)7-13-6-10-2-4-11(15)5-3-10/h8,10-11,13,15H,2-7H2,1H3. The van der Waals surface area contributed by atoms with Crippen molar-refractivity contribution in [2.45, 2.75) is 45.3 Å². The Morgan fingerprint density at radius 3 is 2.81 bits per heavy atom. The van der Waals surface area contributed by atoms with Gasteiger partial charge in [-0.1, -0.05) is 0 Å². The monoisotopic (exact) mass is 240 g/mol. The molecule has 0 saturated heterocycles. The molecule has 0 aliphatic heterocycles. The molecule has 3 nitrogen and oxygen atoms in total. The van der Waals surface area contributed by atoms with E-state index < -0.39 is 0 Å². The zero-order valence-electron chi connectivity index (χ0n) is 9.78. The van der Waals surface area contributed by atoms with Gasteiger partial charge in [-0.2, -0.15) is 0 Å². The van der Waals surface area contributed by atoms with Crippen molar-refractivity contribution in [3.63, 3.8) is 0 Å². The fourth-order valence-corrected chi connectivity index (χ4v) is 2.96. The van der Waals surface area contributed by atoms with Gasteiger partial charge >= 0.3 is 0 Å². The topological polar surface area (TPSA) is 45.1 Å². The number of thiazole rings is 1. The predicted octanol–water partition coefficient (Wildman–Crippen LogP) is 2.09. The van der Waals surface area contributed by atoms with Crippen molar-refractivity contribution in [1.82, 2.24) is 10.3 Å². The van der Waals surface area contributed by atoms with Crippen LogP contribution in [-0.2, 0) is 6.54 Å². The number of aromatic nitrogens is 1. The smallest absolute Gasteiger partial charge is 0.107 e. The second-order valence-corrected chi connectivity index (χ2v) is 5.63. The summed E-state index contributed by atoms with van der Waals surface area (Å²) in [5.74, 6) is 0.740. The summed E-state index contributed by atoms with van der Waals surface area (Å²) in [7, 11) is 0. The highest BCUT2D eigenvalue weighted by molar-refractivity contribution is 7.09. The summed E-state index contributed by atoms with van der Waals surface area (Å²) in [6.07, 6.45) is 4.22. The Kier molecular flexibility index (Phi) is 4.32. The maximum absolute atomic E-state index is 9.40. The summed E-state index contributed by atoms with van der Waals surface area (Å²) >= 11 is 1.72. The van der Waals surface area contributed by atoms with Crippen molar-refractivity contribution >= 4 is 11.3 Å². The Hall–Kier alpha value is -0.450. The zero-order chi connectivity index (χ0) is 11.4. The molecule has 1 heterocycles. The fourth-order valence-electron chi connectivity index (χ4n) is 2.22. The van der Waals surface area contributed by atoms with Crippen LogP contribution in [0.25, 0.3) is 0 Å². The van der Waals surface area contributed by atoms with Gasteiger partial charge in [-0.05, 0) is 45.1 Å². The highest BCUT2D eigenvalue weighted by atomic mass is 32.1. The van der Waals surface area contributed by atoms with Crippen LogP contribution in [0.3, 0.4) is 0 Å². The Labute approximate surface area is 101 Å². The fraction of sp³-hybridized carbons (Fsp3) is 0.750. The Balaban J connectivity index is 1.64. The number of hydrogen-bond donors (Lipinski definition) is 2. The van der Waals surface area contributed by atoms with Gasteiger partial charge in [0.1, 0.15) is 5.01 Å². The van der Waals surface area contributed by atoms with Gasteiger partial charge in [0.15, 0.2) is 0 Å². The molecule has 0 aromatic carbocycles. The van der Waals surface area contributed by atoms with Crippen molar-refractivity contribution in [3.05, 3.63) is 16.1 Å². The van der Waals surface area contributed by atoms with Crippen LogP contribution in [-0.4, -0.2) is 22.7 Å². The summed E-state index contributed by atoms with van der Waals surface area (Å²) < 4.78 is 0. The van der Waals surface area contributed by atoms with Crippen LogP contribution in [0.15, 0.2) is 5.38 Å². The average molecular weight is 240 g/mol. The molecule has 2 N–H and O–H groups in total. The van der Waals surface area contributed by atoms with Gasteiger partial charge in [-0.3, -0.25) is 0 Å². The molecule has 0 amide bonds. The van der Waals surface area contributed by atoms with E-state index in [9.17, 15) is 5.11 Å². The lowest BCUT2D eigenvalue weighted by Crippen LogP contribution is -2.27. The molecule has 0 unspecified atom stereocenters. The summed E-state index contributed by atoms with van der Waals surface area (Å²) in [6, 6.07) is 0. The van der Waals surface area contributed by atoms with Crippen LogP contribution < -0.4 is 5.32 Å². The lowest BCUT2D eigenvalue weighted by molar-refractivity contribution is 0.108.